The number of rotatable bonds is 5. The second kappa shape index (κ2) is 7.64. The molecule has 2 aromatic carbocycles. The molecule has 1 aliphatic heterocycles. The lowest BCUT2D eigenvalue weighted by Gasteiger charge is -2.34. The first-order valence-electron chi connectivity index (χ1n) is 8.72. The van der Waals surface area contributed by atoms with Crippen LogP contribution in [0.5, 0.6) is 0 Å². The van der Waals surface area contributed by atoms with Gasteiger partial charge in [-0.15, -0.1) is 0 Å². The minimum atomic E-state index is -3.70. The molecule has 8 heteroatoms. The number of hydrogen-bond donors (Lipinski definition) is 0. The molecule has 0 amide bonds. The number of benzene rings is 2. The first-order valence-corrected chi connectivity index (χ1v) is 10.6. The second-order valence-electron chi connectivity index (χ2n) is 6.95. The van der Waals surface area contributed by atoms with E-state index in [2.05, 4.69) is 0 Å². The van der Waals surface area contributed by atoms with Crippen LogP contribution in [0.3, 0.4) is 0 Å². The molecule has 0 radical (unpaired) electrons. The Morgan fingerprint density at radius 2 is 1.89 bits per heavy atom. The standard InChI is InChI=1S/C19H21FN2O4S/c1-27(25,26)19-13-17(5-6-18(19)22(23)24)21-9-7-14(8-10-21)11-15-3-2-4-16(20)12-15/h2-6,12-14H,7-11H2,1H3. The third-order valence-corrected chi connectivity index (χ3v) is 6.06. The van der Waals surface area contributed by atoms with Gasteiger partial charge in [0.05, 0.1) is 4.92 Å². The van der Waals surface area contributed by atoms with Crippen molar-refractivity contribution in [1.82, 2.24) is 0 Å². The van der Waals surface area contributed by atoms with Crippen LogP contribution in [0.4, 0.5) is 15.8 Å². The molecule has 0 spiro atoms. The Morgan fingerprint density at radius 3 is 2.48 bits per heavy atom. The predicted molar refractivity (Wildman–Crippen MR) is 101 cm³/mol. The van der Waals surface area contributed by atoms with Crippen molar-refractivity contribution in [2.24, 2.45) is 5.92 Å². The van der Waals surface area contributed by atoms with Gasteiger partial charge in [-0.05, 0) is 55.0 Å². The predicted octanol–water partition coefficient (Wildman–Crippen LogP) is 3.60. The summed E-state index contributed by atoms with van der Waals surface area (Å²) < 4.78 is 37.2. The highest BCUT2D eigenvalue weighted by Crippen LogP contribution is 2.31. The molecule has 6 nitrogen and oxygen atoms in total. The van der Waals surface area contributed by atoms with Gasteiger partial charge >= 0.3 is 0 Å². The average Bonchev–Trinajstić information content (AvgIpc) is 2.61. The molecular weight excluding hydrogens is 371 g/mol. The number of nitro benzene ring substituents is 1. The van der Waals surface area contributed by atoms with Crippen molar-refractivity contribution in [2.45, 2.75) is 24.2 Å². The molecule has 0 saturated carbocycles. The molecule has 1 fully saturated rings. The maximum absolute atomic E-state index is 13.3. The van der Waals surface area contributed by atoms with E-state index in [4.69, 9.17) is 0 Å². The Bertz CT molecular complexity index is 954. The molecule has 2 aromatic rings. The van der Waals surface area contributed by atoms with Crippen molar-refractivity contribution in [3.63, 3.8) is 0 Å². The lowest BCUT2D eigenvalue weighted by atomic mass is 9.90. The van der Waals surface area contributed by atoms with Crippen molar-refractivity contribution < 1.29 is 17.7 Å². The number of piperidine rings is 1. The van der Waals surface area contributed by atoms with Gasteiger partial charge in [0.15, 0.2) is 9.84 Å². The minimum Gasteiger partial charge on any atom is -0.371 e. The Morgan fingerprint density at radius 1 is 1.19 bits per heavy atom. The Balaban J connectivity index is 1.71. The minimum absolute atomic E-state index is 0.232. The third kappa shape index (κ3) is 4.63. The number of sulfone groups is 1. The number of halogens is 1. The van der Waals surface area contributed by atoms with E-state index in [9.17, 15) is 22.9 Å². The SMILES string of the molecule is CS(=O)(=O)c1cc(N2CCC(Cc3cccc(F)c3)CC2)ccc1[N+](=O)[O-]. The molecular formula is C19H21FN2O4S. The molecule has 0 aromatic heterocycles. The van der Waals surface area contributed by atoms with Crippen LogP contribution in [0.15, 0.2) is 47.4 Å². The summed E-state index contributed by atoms with van der Waals surface area (Å²) in [7, 11) is -3.70. The third-order valence-electron chi connectivity index (χ3n) is 4.93. The van der Waals surface area contributed by atoms with E-state index < -0.39 is 20.4 Å². The van der Waals surface area contributed by atoms with Crippen molar-refractivity contribution >= 4 is 21.2 Å². The van der Waals surface area contributed by atoms with Gasteiger partial charge in [0, 0.05) is 31.1 Å². The highest BCUT2D eigenvalue weighted by Gasteiger charge is 2.25. The Labute approximate surface area is 157 Å². The lowest BCUT2D eigenvalue weighted by Crippen LogP contribution is -2.34. The summed E-state index contributed by atoms with van der Waals surface area (Å²) in [5.41, 5.74) is 1.25. The van der Waals surface area contributed by atoms with Crippen LogP contribution >= 0.6 is 0 Å². The van der Waals surface area contributed by atoms with Crippen LogP contribution in [0.2, 0.25) is 0 Å². The van der Waals surface area contributed by atoms with Gasteiger partial charge in [-0.25, -0.2) is 12.8 Å². The van der Waals surface area contributed by atoms with Crippen molar-refractivity contribution in [2.75, 3.05) is 24.2 Å². The Hall–Kier alpha value is -2.48. The summed E-state index contributed by atoms with van der Waals surface area (Å²) in [6.07, 6.45) is 3.56. The molecule has 0 bridgehead atoms. The summed E-state index contributed by atoms with van der Waals surface area (Å²) in [5, 5.41) is 11.1. The lowest BCUT2D eigenvalue weighted by molar-refractivity contribution is -0.387. The van der Waals surface area contributed by atoms with Gasteiger partial charge in [-0.1, -0.05) is 12.1 Å². The van der Waals surface area contributed by atoms with Gasteiger partial charge in [-0.3, -0.25) is 10.1 Å². The quantitative estimate of drug-likeness (QED) is 0.574. The summed E-state index contributed by atoms with van der Waals surface area (Å²) in [6, 6.07) is 10.9. The van der Waals surface area contributed by atoms with Crippen LogP contribution in [0.1, 0.15) is 18.4 Å². The fourth-order valence-electron chi connectivity index (χ4n) is 3.54. The van der Waals surface area contributed by atoms with Crippen LogP contribution in [-0.2, 0) is 16.3 Å². The van der Waals surface area contributed by atoms with E-state index in [0.29, 0.717) is 11.6 Å². The zero-order valence-corrected chi connectivity index (χ0v) is 15.8. The van der Waals surface area contributed by atoms with Crippen molar-refractivity contribution in [3.05, 3.63) is 64.0 Å². The van der Waals surface area contributed by atoms with E-state index >= 15 is 0 Å². The van der Waals surface area contributed by atoms with E-state index in [1.165, 1.54) is 18.2 Å². The van der Waals surface area contributed by atoms with Crippen molar-refractivity contribution in [1.29, 1.82) is 0 Å². The fourth-order valence-corrected chi connectivity index (χ4v) is 4.40. The summed E-state index contributed by atoms with van der Waals surface area (Å²) in [5.74, 6) is 0.194. The van der Waals surface area contributed by atoms with Crippen LogP contribution < -0.4 is 4.90 Å². The molecule has 0 aliphatic carbocycles. The molecule has 3 rings (SSSR count). The van der Waals surface area contributed by atoms with E-state index in [1.807, 2.05) is 11.0 Å². The molecule has 0 atom stereocenters. The normalized spacial score (nSPS) is 15.7. The highest BCUT2D eigenvalue weighted by molar-refractivity contribution is 7.90. The number of nitro groups is 1. The van der Waals surface area contributed by atoms with Gasteiger partial charge in [0.25, 0.3) is 5.69 Å². The monoisotopic (exact) mass is 392 g/mol. The van der Waals surface area contributed by atoms with E-state index in [-0.39, 0.29) is 10.7 Å². The maximum Gasteiger partial charge on any atom is 0.288 e. The van der Waals surface area contributed by atoms with Gasteiger partial charge in [0.1, 0.15) is 10.7 Å². The average molecular weight is 392 g/mol. The molecule has 1 heterocycles. The van der Waals surface area contributed by atoms with E-state index in [1.54, 1.807) is 18.2 Å². The summed E-state index contributed by atoms with van der Waals surface area (Å²) >= 11 is 0. The highest BCUT2D eigenvalue weighted by atomic mass is 32.2. The van der Waals surface area contributed by atoms with Gasteiger partial charge in [0.2, 0.25) is 0 Å². The van der Waals surface area contributed by atoms with Crippen LogP contribution in [0.25, 0.3) is 0 Å². The van der Waals surface area contributed by atoms with Crippen LogP contribution in [-0.4, -0.2) is 32.7 Å². The maximum atomic E-state index is 13.3. The molecule has 1 aliphatic rings. The van der Waals surface area contributed by atoms with Gasteiger partial charge in [-0.2, -0.15) is 0 Å². The van der Waals surface area contributed by atoms with Crippen LogP contribution in [0, 0.1) is 21.8 Å². The first kappa shape index (κ1) is 19.3. The molecule has 0 unspecified atom stereocenters. The number of hydrogen-bond acceptors (Lipinski definition) is 5. The topological polar surface area (TPSA) is 80.5 Å². The number of anilines is 1. The molecule has 144 valence electrons. The largest absolute Gasteiger partial charge is 0.371 e. The zero-order chi connectivity index (χ0) is 19.6. The van der Waals surface area contributed by atoms with Gasteiger partial charge < -0.3 is 4.90 Å². The smallest absolute Gasteiger partial charge is 0.288 e. The van der Waals surface area contributed by atoms with E-state index in [0.717, 1.165) is 44.2 Å². The fraction of sp³-hybridized carbons (Fsp3) is 0.368. The molecule has 0 N–H and O–H groups in total. The number of nitrogens with zero attached hydrogens (tertiary/aromatic N) is 2. The van der Waals surface area contributed by atoms with Crippen molar-refractivity contribution in [3.8, 4) is 0 Å². The molecule has 1 saturated heterocycles. The summed E-state index contributed by atoms with van der Waals surface area (Å²) in [4.78, 5) is 12.2. The molecule has 27 heavy (non-hydrogen) atoms. The second-order valence-corrected chi connectivity index (χ2v) is 8.93. The first-order chi connectivity index (χ1) is 12.7. The Kier molecular flexibility index (Phi) is 5.46. The zero-order valence-electron chi connectivity index (χ0n) is 15.0. The summed E-state index contributed by atoms with van der Waals surface area (Å²) in [6.45, 7) is 1.45.